The number of hydrogen-bond donors (Lipinski definition) is 2. The van der Waals surface area contributed by atoms with Gasteiger partial charge >= 0.3 is 0 Å². The predicted molar refractivity (Wildman–Crippen MR) is 79.0 cm³/mol. The van der Waals surface area contributed by atoms with Gasteiger partial charge in [-0.2, -0.15) is 5.10 Å². The Morgan fingerprint density at radius 1 is 1.19 bits per heavy atom. The lowest BCUT2D eigenvalue weighted by molar-refractivity contribution is -0.120. The fraction of sp³-hybridized carbons (Fsp3) is 0.571. The van der Waals surface area contributed by atoms with Crippen molar-refractivity contribution in [2.45, 2.75) is 39.7 Å². The van der Waals surface area contributed by atoms with Gasteiger partial charge in [0.25, 0.3) is 11.5 Å². The molecular weight excluding hydrogens is 272 g/mol. The lowest BCUT2D eigenvalue weighted by Gasteiger charge is -2.07. The van der Waals surface area contributed by atoms with Crippen LogP contribution in [0.5, 0.6) is 0 Å². The molecule has 0 spiro atoms. The van der Waals surface area contributed by atoms with Crippen LogP contribution in [0.25, 0.3) is 0 Å². The Labute approximate surface area is 123 Å². The molecule has 7 heteroatoms. The van der Waals surface area contributed by atoms with Gasteiger partial charge in [-0.3, -0.25) is 14.4 Å². The van der Waals surface area contributed by atoms with Crippen LogP contribution >= 0.6 is 0 Å². The van der Waals surface area contributed by atoms with Crippen LogP contribution in [-0.4, -0.2) is 34.7 Å². The molecular formula is C14H22N4O3. The molecule has 0 saturated carbocycles. The molecule has 1 aromatic heterocycles. The molecule has 0 saturated heterocycles. The van der Waals surface area contributed by atoms with Crippen LogP contribution in [0.4, 0.5) is 0 Å². The Hall–Kier alpha value is -2.18. The zero-order chi connectivity index (χ0) is 15.7. The molecule has 2 N–H and O–H groups in total. The maximum Gasteiger partial charge on any atom is 0.272 e. The van der Waals surface area contributed by atoms with Gasteiger partial charge in [0.2, 0.25) is 5.91 Å². The van der Waals surface area contributed by atoms with Crippen molar-refractivity contribution < 1.29 is 9.59 Å². The highest BCUT2D eigenvalue weighted by molar-refractivity contribution is 5.94. The maximum absolute atomic E-state index is 11.9. The summed E-state index contributed by atoms with van der Waals surface area (Å²) >= 11 is 0. The van der Waals surface area contributed by atoms with Gasteiger partial charge in [0.1, 0.15) is 5.69 Å². The summed E-state index contributed by atoms with van der Waals surface area (Å²) in [4.78, 5) is 34.9. The number of hydrogen-bond acceptors (Lipinski definition) is 4. The molecule has 0 bridgehead atoms. The summed E-state index contributed by atoms with van der Waals surface area (Å²) in [6.45, 7) is 4.91. The number of carbonyl (C=O) groups is 2. The van der Waals surface area contributed by atoms with Crippen LogP contribution < -0.4 is 16.2 Å². The third-order valence-corrected chi connectivity index (χ3v) is 2.80. The van der Waals surface area contributed by atoms with Crippen molar-refractivity contribution in [1.29, 1.82) is 0 Å². The summed E-state index contributed by atoms with van der Waals surface area (Å²) in [5.41, 5.74) is -0.102. The maximum atomic E-state index is 11.9. The van der Waals surface area contributed by atoms with Crippen LogP contribution in [-0.2, 0) is 11.3 Å². The lowest BCUT2D eigenvalue weighted by atomic mass is 10.3. The highest BCUT2D eigenvalue weighted by atomic mass is 16.2. The fourth-order valence-electron chi connectivity index (χ4n) is 1.62. The van der Waals surface area contributed by atoms with Crippen LogP contribution in [0.15, 0.2) is 16.9 Å². The Morgan fingerprint density at radius 2 is 1.95 bits per heavy atom. The standard InChI is InChI=1S/C14H22N4O3/c1-3-5-9-18-13(20)7-6-11(17-18)14(21)16-10-12(19)15-8-4-2/h6-7H,3-5,8-10H2,1-2H3,(H,15,19)(H,16,21). The Bertz CT molecular complexity index is 539. The number of rotatable bonds is 8. The Balaban J connectivity index is 2.61. The van der Waals surface area contributed by atoms with Gasteiger partial charge in [-0.1, -0.05) is 20.3 Å². The van der Waals surface area contributed by atoms with Crippen molar-refractivity contribution in [1.82, 2.24) is 20.4 Å². The van der Waals surface area contributed by atoms with Crippen molar-refractivity contribution in [3.63, 3.8) is 0 Å². The Kier molecular flexibility index (Phi) is 7.14. The number of aromatic nitrogens is 2. The zero-order valence-corrected chi connectivity index (χ0v) is 12.5. The van der Waals surface area contributed by atoms with Gasteiger partial charge in [0.15, 0.2) is 0 Å². The first-order valence-corrected chi connectivity index (χ1v) is 7.21. The van der Waals surface area contributed by atoms with Crippen molar-refractivity contribution >= 4 is 11.8 Å². The number of amides is 2. The average Bonchev–Trinajstić information content (AvgIpc) is 2.49. The molecule has 0 aliphatic rings. The second-order valence-electron chi connectivity index (χ2n) is 4.67. The molecule has 116 valence electrons. The van der Waals surface area contributed by atoms with E-state index in [-0.39, 0.29) is 23.7 Å². The van der Waals surface area contributed by atoms with E-state index in [1.807, 2.05) is 13.8 Å². The van der Waals surface area contributed by atoms with Gasteiger partial charge in [0, 0.05) is 19.2 Å². The molecule has 0 unspecified atom stereocenters. The molecule has 0 aliphatic carbocycles. The molecule has 0 atom stereocenters. The largest absolute Gasteiger partial charge is 0.355 e. The highest BCUT2D eigenvalue weighted by Gasteiger charge is 2.10. The smallest absolute Gasteiger partial charge is 0.272 e. The van der Waals surface area contributed by atoms with Gasteiger partial charge in [-0.15, -0.1) is 0 Å². The molecule has 7 nitrogen and oxygen atoms in total. The molecule has 1 heterocycles. The van der Waals surface area contributed by atoms with E-state index in [0.717, 1.165) is 19.3 Å². The van der Waals surface area contributed by atoms with E-state index in [2.05, 4.69) is 15.7 Å². The van der Waals surface area contributed by atoms with Crippen molar-refractivity contribution in [3.8, 4) is 0 Å². The van der Waals surface area contributed by atoms with Crippen molar-refractivity contribution in [3.05, 3.63) is 28.2 Å². The molecule has 21 heavy (non-hydrogen) atoms. The highest BCUT2D eigenvalue weighted by Crippen LogP contribution is 1.94. The summed E-state index contributed by atoms with van der Waals surface area (Å²) in [5.74, 6) is -0.712. The molecule has 2 amide bonds. The summed E-state index contributed by atoms with van der Waals surface area (Å²) < 4.78 is 1.27. The van der Waals surface area contributed by atoms with E-state index in [1.54, 1.807) is 0 Å². The number of carbonyl (C=O) groups excluding carboxylic acids is 2. The van der Waals surface area contributed by atoms with Crippen LogP contribution in [0, 0.1) is 0 Å². The first-order chi connectivity index (χ1) is 10.1. The summed E-state index contributed by atoms with van der Waals surface area (Å²) in [5, 5.41) is 9.15. The van der Waals surface area contributed by atoms with Gasteiger partial charge in [0.05, 0.1) is 6.54 Å². The van der Waals surface area contributed by atoms with E-state index in [9.17, 15) is 14.4 Å². The van der Waals surface area contributed by atoms with Gasteiger partial charge < -0.3 is 10.6 Å². The van der Waals surface area contributed by atoms with Crippen LogP contribution in [0.2, 0.25) is 0 Å². The average molecular weight is 294 g/mol. The van der Waals surface area contributed by atoms with Gasteiger partial charge in [-0.25, -0.2) is 4.68 Å². The van der Waals surface area contributed by atoms with E-state index < -0.39 is 5.91 Å². The molecule has 0 radical (unpaired) electrons. The van der Waals surface area contributed by atoms with E-state index in [1.165, 1.54) is 16.8 Å². The quantitative estimate of drug-likeness (QED) is 0.721. The van der Waals surface area contributed by atoms with E-state index in [0.29, 0.717) is 13.1 Å². The van der Waals surface area contributed by atoms with Crippen LogP contribution in [0.3, 0.4) is 0 Å². The predicted octanol–water partition coefficient (Wildman–Crippen LogP) is 0.299. The third-order valence-electron chi connectivity index (χ3n) is 2.80. The molecule has 1 rings (SSSR count). The second kappa shape index (κ2) is 8.89. The number of aryl methyl sites for hydroxylation is 1. The molecule has 0 fully saturated rings. The number of nitrogens with zero attached hydrogens (tertiary/aromatic N) is 2. The molecule has 0 aliphatic heterocycles. The topological polar surface area (TPSA) is 93.1 Å². The normalized spacial score (nSPS) is 10.2. The third kappa shape index (κ3) is 5.76. The van der Waals surface area contributed by atoms with Crippen LogP contribution in [0.1, 0.15) is 43.6 Å². The van der Waals surface area contributed by atoms with Crippen molar-refractivity contribution in [2.24, 2.45) is 0 Å². The van der Waals surface area contributed by atoms with E-state index >= 15 is 0 Å². The minimum absolute atomic E-state index is 0.103. The summed E-state index contributed by atoms with van der Waals surface area (Å²) in [7, 11) is 0. The zero-order valence-electron chi connectivity index (χ0n) is 12.5. The monoisotopic (exact) mass is 294 g/mol. The molecule has 1 aromatic rings. The Morgan fingerprint density at radius 3 is 2.62 bits per heavy atom. The second-order valence-corrected chi connectivity index (χ2v) is 4.67. The van der Waals surface area contributed by atoms with Crippen molar-refractivity contribution in [2.75, 3.05) is 13.1 Å². The fourth-order valence-corrected chi connectivity index (χ4v) is 1.62. The number of nitrogens with one attached hydrogen (secondary N) is 2. The number of unbranched alkanes of at least 4 members (excludes halogenated alkanes) is 1. The minimum Gasteiger partial charge on any atom is -0.355 e. The first kappa shape index (κ1) is 16.9. The summed E-state index contributed by atoms with van der Waals surface area (Å²) in [6.07, 6.45) is 2.59. The lowest BCUT2D eigenvalue weighted by Crippen LogP contribution is -2.38. The molecule has 0 aromatic carbocycles. The van der Waals surface area contributed by atoms with E-state index in [4.69, 9.17) is 0 Å². The minimum atomic E-state index is -0.466. The summed E-state index contributed by atoms with van der Waals surface area (Å²) in [6, 6.07) is 2.68. The first-order valence-electron chi connectivity index (χ1n) is 7.21. The van der Waals surface area contributed by atoms with Gasteiger partial charge in [-0.05, 0) is 18.9 Å². The SMILES string of the molecule is CCCCn1nc(C(=O)NCC(=O)NCCC)ccc1=O.